The molecule has 0 saturated carbocycles. The highest BCUT2D eigenvalue weighted by Gasteiger charge is 2.10. The fourth-order valence-corrected chi connectivity index (χ4v) is 2.10. The number of hydrogen-bond acceptors (Lipinski definition) is 3. The van der Waals surface area contributed by atoms with E-state index >= 15 is 0 Å². The fraction of sp³-hybridized carbons (Fsp3) is 0.214. The third-order valence-corrected chi connectivity index (χ3v) is 2.86. The summed E-state index contributed by atoms with van der Waals surface area (Å²) in [7, 11) is 1.68. The van der Waals surface area contributed by atoms with Gasteiger partial charge in [0.1, 0.15) is 5.75 Å². The number of aromatic nitrogens is 1. The Bertz CT molecular complexity index is 527. The third kappa shape index (κ3) is 2.09. The highest BCUT2D eigenvalue weighted by atomic mass is 16.5. The van der Waals surface area contributed by atoms with E-state index in [1.807, 2.05) is 18.2 Å². The Morgan fingerprint density at radius 1 is 1.18 bits per heavy atom. The number of rotatable bonds is 2. The predicted molar refractivity (Wildman–Crippen MR) is 70.1 cm³/mol. The Balaban J connectivity index is 2.64. The maximum Gasteiger partial charge on any atom is 0.119 e. The number of nitrogens with zero attached hydrogens (tertiary/aromatic N) is 1. The van der Waals surface area contributed by atoms with E-state index in [2.05, 4.69) is 18.8 Å². The highest BCUT2D eigenvalue weighted by molar-refractivity contribution is 5.80. The Hall–Kier alpha value is -2.03. The molecular weight excluding hydrogens is 212 g/mol. The molecular formula is C14H16N2O. The van der Waals surface area contributed by atoms with Gasteiger partial charge < -0.3 is 10.5 Å². The van der Waals surface area contributed by atoms with Crippen LogP contribution in [0.1, 0.15) is 11.1 Å². The summed E-state index contributed by atoms with van der Waals surface area (Å²) in [6, 6.07) is 5.97. The number of nitrogens with two attached hydrogens (primary N) is 1. The molecule has 0 saturated heterocycles. The molecule has 0 aliphatic rings. The van der Waals surface area contributed by atoms with Crippen LogP contribution >= 0.6 is 0 Å². The van der Waals surface area contributed by atoms with Gasteiger partial charge in [0.25, 0.3) is 0 Å². The number of anilines is 1. The van der Waals surface area contributed by atoms with Crippen LogP contribution in [0.25, 0.3) is 11.1 Å². The van der Waals surface area contributed by atoms with Gasteiger partial charge in [-0.15, -0.1) is 0 Å². The van der Waals surface area contributed by atoms with Gasteiger partial charge in [0.2, 0.25) is 0 Å². The lowest BCUT2D eigenvalue weighted by atomic mass is 9.95. The monoisotopic (exact) mass is 228 g/mol. The molecule has 0 unspecified atom stereocenters. The van der Waals surface area contributed by atoms with E-state index in [1.54, 1.807) is 19.5 Å². The van der Waals surface area contributed by atoms with Crippen molar-refractivity contribution in [3.63, 3.8) is 0 Å². The summed E-state index contributed by atoms with van der Waals surface area (Å²) in [6.07, 6.45) is 3.44. The highest BCUT2D eigenvalue weighted by Crippen LogP contribution is 2.33. The van der Waals surface area contributed by atoms with Crippen molar-refractivity contribution >= 4 is 5.69 Å². The number of pyridine rings is 1. The van der Waals surface area contributed by atoms with Crippen molar-refractivity contribution in [2.45, 2.75) is 13.8 Å². The van der Waals surface area contributed by atoms with Gasteiger partial charge in [0.05, 0.1) is 19.0 Å². The van der Waals surface area contributed by atoms with Crippen LogP contribution in [-0.2, 0) is 0 Å². The molecule has 0 spiro atoms. The van der Waals surface area contributed by atoms with Crippen LogP contribution in [-0.4, -0.2) is 12.1 Å². The molecule has 0 bridgehead atoms. The lowest BCUT2D eigenvalue weighted by molar-refractivity contribution is 0.414. The van der Waals surface area contributed by atoms with Gasteiger partial charge in [0.15, 0.2) is 0 Å². The summed E-state index contributed by atoms with van der Waals surface area (Å²) >= 11 is 0. The van der Waals surface area contributed by atoms with Crippen LogP contribution in [0.2, 0.25) is 0 Å². The smallest absolute Gasteiger partial charge is 0.119 e. The second-order valence-electron chi connectivity index (χ2n) is 4.10. The summed E-state index contributed by atoms with van der Waals surface area (Å²) in [5.41, 5.74) is 11.2. The van der Waals surface area contributed by atoms with Crippen molar-refractivity contribution < 1.29 is 4.74 Å². The molecule has 1 aromatic heterocycles. The quantitative estimate of drug-likeness (QED) is 0.859. The third-order valence-electron chi connectivity index (χ3n) is 2.86. The molecule has 88 valence electrons. The SMILES string of the molecule is COc1cc(C)c(-c2ccncc2N)c(C)c1. The lowest BCUT2D eigenvalue weighted by Gasteiger charge is -2.13. The van der Waals surface area contributed by atoms with Crippen LogP contribution in [0.5, 0.6) is 5.75 Å². The number of ether oxygens (including phenoxy) is 1. The van der Waals surface area contributed by atoms with Gasteiger partial charge >= 0.3 is 0 Å². The molecule has 2 aromatic rings. The second kappa shape index (κ2) is 4.45. The van der Waals surface area contributed by atoms with E-state index in [4.69, 9.17) is 10.5 Å². The zero-order valence-electron chi connectivity index (χ0n) is 10.3. The van der Waals surface area contributed by atoms with Gasteiger partial charge in [-0.2, -0.15) is 0 Å². The number of methoxy groups -OCH3 is 1. The molecule has 3 heteroatoms. The van der Waals surface area contributed by atoms with Gasteiger partial charge in [-0.1, -0.05) is 0 Å². The zero-order valence-corrected chi connectivity index (χ0v) is 10.3. The zero-order chi connectivity index (χ0) is 12.4. The van der Waals surface area contributed by atoms with Gasteiger partial charge in [-0.25, -0.2) is 0 Å². The van der Waals surface area contributed by atoms with Crippen LogP contribution in [0.15, 0.2) is 30.6 Å². The summed E-state index contributed by atoms with van der Waals surface area (Å²) in [5, 5.41) is 0. The van der Waals surface area contributed by atoms with Crippen molar-refractivity contribution in [2.75, 3.05) is 12.8 Å². The molecule has 17 heavy (non-hydrogen) atoms. The maximum atomic E-state index is 5.97. The molecule has 0 aliphatic heterocycles. The van der Waals surface area contributed by atoms with Gasteiger partial charge in [0, 0.05) is 11.8 Å². The first-order valence-electron chi connectivity index (χ1n) is 5.48. The minimum Gasteiger partial charge on any atom is -0.497 e. The molecule has 1 aromatic carbocycles. The molecule has 3 nitrogen and oxygen atoms in total. The van der Waals surface area contributed by atoms with Crippen LogP contribution < -0.4 is 10.5 Å². The van der Waals surface area contributed by atoms with Crippen molar-refractivity contribution in [2.24, 2.45) is 0 Å². The molecule has 0 amide bonds. The first-order valence-corrected chi connectivity index (χ1v) is 5.48. The standard InChI is InChI=1S/C14H16N2O/c1-9-6-11(17-3)7-10(2)14(9)12-4-5-16-8-13(12)15/h4-8H,15H2,1-3H3. The van der Waals surface area contributed by atoms with Crippen molar-refractivity contribution in [3.8, 4) is 16.9 Å². The largest absolute Gasteiger partial charge is 0.497 e. The number of nitrogen functional groups attached to an aromatic ring is 1. The first kappa shape index (κ1) is 11.5. The van der Waals surface area contributed by atoms with Gasteiger partial charge in [-0.05, 0) is 48.7 Å². The van der Waals surface area contributed by atoms with Crippen molar-refractivity contribution in [1.82, 2.24) is 4.98 Å². The fourth-order valence-electron chi connectivity index (χ4n) is 2.10. The Morgan fingerprint density at radius 2 is 1.82 bits per heavy atom. The lowest BCUT2D eigenvalue weighted by Crippen LogP contribution is -1.96. The minimum absolute atomic E-state index is 0.698. The van der Waals surface area contributed by atoms with E-state index < -0.39 is 0 Å². The van der Waals surface area contributed by atoms with E-state index in [-0.39, 0.29) is 0 Å². The van der Waals surface area contributed by atoms with Crippen LogP contribution in [0, 0.1) is 13.8 Å². The molecule has 0 atom stereocenters. The molecule has 1 heterocycles. The van der Waals surface area contributed by atoms with E-state index in [1.165, 1.54) is 0 Å². The summed E-state index contributed by atoms with van der Waals surface area (Å²) in [6.45, 7) is 4.12. The minimum atomic E-state index is 0.698. The average molecular weight is 228 g/mol. The van der Waals surface area contributed by atoms with Crippen LogP contribution in [0.3, 0.4) is 0 Å². The van der Waals surface area contributed by atoms with Crippen LogP contribution in [0.4, 0.5) is 5.69 Å². The summed E-state index contributed by atoms with van der Waals surface area (Å²) in [4.78, 5) is 4.01. The number of hydrogen-bond donors (Lipinski definition) is 1. The van der Waals surface area contributed by atoms with Gasteiger partial charge in [-0.3, -0.25) is 4.98 Å². The number of benzene rings is 1. The molecule has 2 rings (SSSR count). The predicted octanol–water partition coefficient (Wildman–Crippen LogP) is 2.96. The van der Waals surface area contributed by atoms with E-state index in [0.29, 0.717) is 5.69 Å². The normalized spacial score (nSPS) is 10.3. The summed E-state index contributed by atoms with van der Waals surface area (Å²) < 4.78 is 5.25. The Kier molecular flexibility index (Phi) is 3.00. The van der Waals surface area contributed by atoms with E-state index in [0.717, 1.165) is 28.0 Å². The van der Waals surface area contributed by atoms with Crippen molar-refractivity contribution in [3.05, 3.63) is 41.7 Å². The summed E-state index contributed by atoms with van der Waals surface area (Å²) in [5.74, 6) is 0.872. The van der Waals surface area contributed by atoms with E-state index in [9.17, 15) is 0 Å². The van der Waals surface area contributed by atoms with Crippen molar-refractivity contribution in [1.29, 1.82) is 0 Å². The molecule has 0 radical (unpaired) electrons. The average Bonchev–Trinajstić information content (AvgIpc) is 2.30. The topological polar surface area (TPSA) is 48.1 Å². The Labute approximate surface area is 101 Å². The Morgan fingerprint density at radius 3 is 2.35 bits per heavy atom. The second-order valence-corrected chi connectivity index (χ2v) is 4.10. The molecule has 2 N–H and O–H groups in total. The first-order chi connectivity index (χ1) is 8.13. The molecule has 0 fully saturated rings. The molecule has 0 aliphatic carbocycles. The number of aryl methyl sites for hydroxylation is 2. The maximum absolute atomic E-state index is 5.97.